The van der Waals surface area contributed by atoms with Gasteiger partial charge in [-0.2, -0.15) is 18.4 Å². The van der Waals surface area contributed by atoms with Crippen LogP contribution in [-0.4, -0.2) is 25.1 Å². The van der Waals surface area contributed by atoms with Crippen molar-refractivity contribution in [2.75, 3.05) is 17.7 Å². The van der Waals surface area contributed by atoms with Gasteiger partial charge in [-0.1, -0.05) is 12.1 Å². The van der Waals surface area contributed by atoms with E-state index in [2.05, 4.69) is 5.32 Å². The first-order valence-corrected chi connectivity index (χ1v) is 7.78. The number of alkyl halides is 3. The normalized spacial score (nSPS) is 11.3. The van der Waals surface area contributed by atoms with Gasteiger partial charge in [-0.15, -0.1) is 0 Å². The Hall–Kier alpha value is -3.80. The zero-order valence-corrected chi connectivity index (χ0v) is 14.5. The van der Waals surface area contributed by atoms with Crippen molar-refractivity contribution in [1.29, 1.82) is 5.26 Å². The number of methoxy groups -OCH3 is 1. The summed E-state index contributed by atoms with van der Waals surface area (Å²) < 4.78 is 42.0. The summed E-state index contributed by atoms with van der Waals surface area (Å²) in [5, 5.41) is 13.5. The highest BCUT2D eigenvalue weighted by Crippen LogP contribution is 2.20. The third-order valence-corrected chi connectivity index (χ3v) is 3.43. The summed E-state index contributed by atoms with van der Waals surface area (Å²) in [6, 6.07) is 13.5. The van der Waals surface area contributed by atoms with Crippen molar-refractivity contribution in [2.24, 2.45) is 0 Å². The van der Waals surface area contributed by atoms with E-state index in [0.717, 1.165) is 0 Å². The monoisotopic (exact) mass is 389 g/mol. The van der Waals surface area contributed by atoms with Crippen molar-refractivity contribution >= 4 is 29.3 Å². The molecule has 0 aliphatic rings. The van der Waals surface area contributed by atoms with Crippen LogP contribution in [-0.2, 0) is 9.59 Å². The van der Waals surface area contributed by atoms with Crippen molar-refractivity contribution < 1.29 is 27.5 Å². The summed E-state index contributed by atoms with van der Waals surface area (Å²) in [6.07, 6.45) is -3.83. The fraction of sp³-hybridized carbons (Fsp3) is 0.105. The summed E-state index contributed by atoms with van der Waals surface area (Å²) in [6.45, 7) is 0. The van der Waals surface area contributed by atoms with Gasteiger partial charge >= 0.3 is 12.1 Å². The lowest BCUT2D eigenvalue weighted by Crippen LogP contribution is -2.29. The van der Waals surface area contributed by atoms with Crippen LogP contribution in [0.4, 0.5) is 24.5 Å². The Morgan fingerprint density at radius 1 is 1.07 bits per heavy atom. The molecular formula is C19H14F3N3O3. The van der Waals surface area contributed by atoms with Crippen molar-refractivity contribution in [3.63, 3.8) is 0 Å². The van der Waals surface area contributed by atoms with Crippen molar-refractivity contribution in [1.82, 2.24) is 0 Å². The average Bonchev–Trinajstić information content (AvgIpc) is 2.66. The van der Waals surface area contributed by atoms with Crippen LogP contribution < -0.4 is 15.4 Å². The Balaban J connectivity index is 2.16. The first-order chi connectivity index (χ1) is 13.2. The minimum absolute atomic E-state index is 0.121. The van der Waals surface area contributed by atoms with Crippen LogP contribution in [0.5, 0.6) is 5.75 Å². The van der Waals surface area contributed by atoms with E-state index in [0.29, 0.717) is 11.4 Å². The first-order valence-electron chi connectivity index (χ1n) is 7.78. The number of amides is 2. The summed E-state index contributed by atoms with van der Waals surface area (Å²) in [4.78, 5) is 23.2. The van der Waals surface area contributed by atoms with Gasteiger partial charge in [-0.3, -0.25) is 9.59 Å². The highest BCUT2D eigenvalue weighted by atomic mass is 19.4. The standard InChI is InChI=1S/C19H14F3N3O3/c1-28-16-7-5-14(6-8-16)24-17(26)13(11-23)9-12-3-2-4-15(10-12)25-18(27)19(20,21)22/h2-10H,1H3,(H,24,26)(H,25,27)/b13-9+. The Labute approximate surface area is 158 Å². The van der Waals surface area contributed by atoms with Crippen molar-refractivity contribution in [3.05, 3.63) is 59.7 Å². The van der Waals surface area contributed by atoms with Crippen molar-refractivity contribution in [3.8, 4) is 11.8 Å². The molecule has 0 saturated carbocycles. The molecule has 0 spiro atoms. The molecule has 6 nitrogen and oxygen atoms in total. The van der Waals surface area contributed by atoms with E-state index in [9.17, 15) is 28.0 Å². The number of carbonyl (C=O) groups is 2. The van der Waals surface area contributed by atoms with E-state index >= 15 is 0 Å². The highest BCUT2D eigenvalue weighted by molar-refractivity contribution is 6.09. The van der Waals surface area contributed by atoms with Crippen LogP contribution in [0.15, 0.2) is 54.1 Å². The number of nitriles is 1. The maximum absolute atomic E-state index is 12.3. The molecule has 9 heteroatoms. The van der Waals surface area contributed by atoms with Crippen LogP contribution in [0.2, 0.25) is 0 Å². The van der Waals surface area contributed by atoms with Gasteiger partial charge in [0.2, 0.25) is 0 Å². The zero-order chi connectivity index (χ0) is 20.7. The van der Waals surface area contributed by atoms with Gasteiger partial charge in [0.25, 0.3) is 5.91 Å². The average molecular weight is 389 g/mol. The molecule has 2 amide bonds. The van der Waals surface area contributed by atoms with Gasteiger partial charge in [-0.25, -0.2) is 0 Å². The lowest BCUT2D eigenvalue weighted by Gasteiger charge is -2.08. The molecule has 0 saturated heterocycles. The number of nitrogens with one attached hydrogen (secondary N) is 2. The van der Waals surface area contributed by atoms with E-state index in [1.807, 2.05) is 0 Å². The minimum atomic E-state index is -5.03. The Morgan fingerprint density at radius 3 is 2.32 bits per heavy atom. The zero-order valence-electron chi connectivity index (χ0n) is 14.5. The second-order valence-corrected chi connectivity index (χ2v) is 5.43. The number of nitrogens with zero attached hydrogens (tertiary/aromatic N) is 1. The number of anilines is 2. The fourth-order valence-electron chi connectivity index (χ4n) is 2.10. The number of halogens is 3. The molecule has 0 aromatic heterocycles. The van der Waals surface area contributed by atoms with Gasteiger partial charge in [0, 0.05) is 11.4 Å². The molecule has 2 aromatic rings. The van der Waals surface area contributed by atoms with E-state index in [4.69, 9.17) is 4.74 Å². The Kier molecular flexibility index (Phi) is 6.39. The molecule has 0 radical (unpaired) electrons. The molecule has 2 N–H and O–H groups in total. The van der Waals surface area contributed by atoms with Gasteiger partial charge in [0.05, 0.1) is 7.11 Å². The van der Waals surface area contributed by atoms with E-state index in [1.165, 1.54) is 37.5 Å². The predicted molar refractivity (Wildman–Crippen MR) is 96.3 cm³/mol. The lowest BCUT2D eigenvalue weighted by atomic mass is 10.1. The number of ether oxygens (including phenoxy) is 1. The topological polar surface area (TPSA) is 91.2 Å². The van der Waals surface area contributed by atoms with Crippen LogP contribution in [0.3, 0.4) is 0 Å². The minimum Gasteiger partial charge on any atom is -0.497 e. The highest BCUT2D eigenvalue weighted by Gasteiger charge is 2.38. The number of benzene rings is 2. The number of rotatable bonds is 5. The molecule has 0 fully saturated rings. The van der Waals surface area contributed by atoms with Crippen LogP contribution in [0.25, 0.3) is 6.08 Å². The second-order valence-electron chi connectivity index (χ2n) is 5.43. The van der Waals surface area contributed by atoms with Crippen molar-refractivity contribution in [2.45, 2.75) is 6.18 Å². The summed E-state index contributed by atoms with van der Waals surface area (Å²) >= 11 is 0. The smallest absolute Gasteiger partial charge is 0.471 e. The number of hydrogen-bond acceptors (Lipinski definition) is 4. The predicted octanol–water partition coefficient (Wildman–Crippen LogP) is 3.74. The lowest BCUT2D eigenvalue weighted by molar-refractivity contribution is -0.167. The third-order valence-electron chi connectivity index (χ3n) is 3.43. The van der Waals surface area contributed by atoms with Gasteiger partial charge in [0.15, 0.2) is 0 Å². The second kappa shape index (κ2) is 8.73. The Morgan fingerprint density at radius 2 is 1.75 bits per heavy atom. The largest absolute Gasteiger partial charge is 0.497 e. The molecule has 28 heavy (non-hydrogen) atoms. The molecule has 0 aliphatic carbocycles. The molecule has 0 heterocycles. The summed E-state index contributed by atoms with van der Waals surface area (Å²) in [5.41, 5.74) is 0.304. The van der Waals surface area contributed by atoms with E-state index < -0.39 is 18.0 Å². The molecule has 0 unspecified atom stereocenters. The maximum Gasteiger partial charge on any atom is 0.471 e. The SMILES string of the molecule is COc1ccc(NC(=O)/C(C#N)=C/c2cccc(NC(=O)C(F)(F)F)c2)cc1. The van der Waals surface area contributed by atoms with E-state index in [-0.39, 0.29) is 16.8 Å². The maximum atomic E-state index is 12.3. The molecule has 144 valence electrons. The van der Waals surface area contributed by atoms with Gasteiger partial charge < -0.3 is 15.4 Å². The van der Waals surface area contributed by atoms with Gasteiger partial charge in [-0.05, 0) is 48.0 Å². The molecular weight excluding hydrogens is 375 g/mol. The van der Waals surface area contributed by atoms with Crippen LogP contribution in [0, 0.1) is 11.3 Å². The molecule has 0 bridgehead atoms. The van der Waals surface area contributed by atoms with Crippen LogP contribution >= 0.6 is 0 Å². The summed E-state index contributed by atoms with van der Waals surface area (Å²) in [5.74, 6) is -2.23. The number of hydrogen-bond donors (Lipinski definition) is 2. The first kappa shape index (κ1) is 20.5. The molecule has 0 atom stereocenters. The quantitative estimate of drug-likeness (QED) is 0.602. The van der Waals surface area contributed by atoms with Crippen LogP contribution in [0.1, 0.15) is 5.56 Å². The van der Waals surface area contributed by atoms with E-state index in [1.54, 1.807) is 35.7 Å². The molecule has 2 aromatic carbocycles. The molecule has 0 aliphatic heterocycles. The molecule has 2 rings (SSSR count). The van der Waals surface area contributed by atoms with Gasteiger partial charge in [0.1, 0.15) is 17.4 Å². The Bertz CT molecular complexity index is 945. The number of carbonyl (C=O) groups excluding carboxylic acids is 2. The third kappa shape index (κ3) is 5.60. The fourth-order valence-corrected chi connectivity index (χ4v) is 2.10. The summed E-state index contributed by atoms with van der Waals surface area (Å²) in [7, 11) is 1.50.